The number of aryl methyl sites for hydroxylation is 2. The molecular formula is C18H20FN3O3. The van der Waals surface area contributed by atoms with Gasteiger partial charge in [-0.15, -0.1) is 0 Å². The lowest BCUT2D eigenvalue weighted by atomic mass is 9.93. The number of halogens is 1. The lowest BCUT2D eigenvalue weighted by Crippen LogP contribution is -2.30. The van der Waals surface area contributed by atoms with Gasteiger partial charge in [0.05, 0.1) is 17.7 Å². The van der Waals surface area contributed by atoms with Gasteiger partial charge in [0, 0.05) is 31.3 Å². The van der Waals surface area contributed by atoms with Crippen LogP contribution in [0.1, 0.15) is 35.0 Å². The van der Waals surface area contributed by atoms with Gasteiger partial charge >= 0.3 is 5.97 Å². The summed E-state index contributed by atoms with van der Waals surface area (Å²) in [6.07, 6.45) is -0.0598. The molecule has 0 saturated carbocycles. The summed E-state index contributed by atoms with van der Waals surface area (Å²) in [6.45, 7) is 4.07. The predicted octanol–water partition coefficient (Wildman–Crippen LogP) is 2.35. The number of carboxylic acids is 1. The van der Waals surface area contributed by atoms with Crippen molar-refractivity contribution >= 4 is 11.9 Å². The second kappa shape index (κ2) is 6.31. The van der Waals surface area contributed by atoms with E-state index in [0.29, 0.717) is 5.56 Å². The van der Waals surface area contributed by atoms with E-state index in [4.69, 9.17) is 0 Å². The number of nitrogens with zero attached hydrogens (tertiary/aromatic N) is 3. The Morgan fingerprint density at radius 2 is 1.96 bits per heavy atom. The summed E-state index contributed by atoms with van der Waals surface area (Å²) < 4.78 is 15.0. The van der Waals surface area contributed by atoms with Crippen LogP contribution in [0.25, 0.3) is 0 Å². The zero-order valence-electron chi connectivity index (χ0n) is 14.4. The molecule has 1 aromatic heterocycles. The molecule has 0 unspecified atom stereocenters. The molecule has 7 heteroatoms. The first-order valence-corrected chi connectivity index (χ1v) is 8.06. The van der Waals surface area contributed by atoms with Crippen LogP contribution in [0.2, 0.25) is 0 Å². The van der Waals surface area contributed by atoms with Crippen molar-refractivity contribution in [2.45, 2.75) is 32.9 Å². The van der Waals surface area contributed by atoms with Gasteiger partial charge in [-0.1, -0.05) is 12.1 Å². The highest BCUT2D eigenvalue weighted by Crippen LogP contribution is 2.39. The number of carbonyl (C=O) groups is 2. The van der Waals surface area contributed by atoms with Crippen LogP contribution in [0, 0.1) is 25.6 Å². The molecule has 1 fully saturated rings. The topological polar surface area (TPSA) is 75.4 Å². The summed E-state index contributed by atoms with van der Waals surface area (Å²) in [4.78, 5) is 25.8. The number of carboxylic acid groups (broad SMARTS) is 1. The van der Waals surface area contributed by atoms with Crippen LogP contribution in [-0.2, 0) is 23.2 Å². The molecule has 1 saturated heterocycles. The summed E-state index contributed by atoms with van der Waals surface area (Å²) in [7, 11) is 1.83. The first-order valence-electron chi connectivity index (χ1n) is 8.06. The smallest absolute Gasteiger partial charge is 0.309 e. The predicted molar refractivity (Wildman–Crippen MR) is 88.1 cm³/mol. The number of likely N-dealkylation sites (tertiary alicyclic amines) is 1. The fourth-order valence-electron chi connectivity index (χ4n) is 3.49. The fraction of sp³-hybridized carbons (Fsp3) is 0.389. The van der Waals surface area contributed by atoms with Crippen molar-refractivity contribution in [1.29, 1.82) is 0 Å². The summed E-state index contributed by atoms with van der Waals surface area (Å²) in [5.41, 5.74) is 3.28. The summed E-state index contributed by atoms with van der Waals surface area (Å²) in [6, 6.07) is 5.05. The lowest BCUT2D eigenvalue weighted by molar-refractivity contribution is -0.142. The normalized spacial score (nSPS) is 20.3. The van der Waals surface area contributed by atoms with Gasteiger partial charge in [-0.05, 0) is 31.5 Å². The quantitative estimate of drug-likeness (QED) is 0.923. The molecule has 1 amide bonds. The minimum absolute atomic E-state index is 0.0598. The second-order valence-electron chi connectivity index (χ2n) is 6.44. The maximum atomic E-state index is 13.3. The highest BCUT2D eigenvalue weighted by atomic mass is 19.1. The molecule has 1 aliphatic heterocycles. The number of amides is 1. The van der Waals surface area contributed by atoms with Crippen LogP contribution in [0.15, 0.2) is 24.3 Å². The maximum Gasteiger partial charge on any atom is 0.309 e. The Labute approximate surface area is 144 Å². The molecule has 0 aliphatic carbocycles. The van der Waals surface area contributed by atoms with Gasteiger partial charge in [-0.3, -0.25) is 14.3 Å². The first kappa shape index (κ1) is 17.1. The Kier molecular flexibility index (Phi) is 4.32. The lowest BCUT2D eigenvalue weighted by Gasteiger charge is -2.27. The van der Waals surface area contributed by atoms with Crippen LogP contribution in [-0.4, -0.2) is 31.7 Å². The van der Waals surface area contributed by atoms with Gasteiger partial charge in [0.25, 0.3) is 0 Å². The van der Waals surface area contributed by atoms with Crippen molar-refractivity contribution in [2.75, 3.05) is 0 Å². The van der Waals surface area contributed by atoms with Gasteiger partial charge in [-0.25, -0.2) is 4.39 Å². The molecule has 2 heterocycles. The molecular weight excluding hydrogens is 325 g/mol. The highest BCUT2D eigenvalue weighted by Gasteiger charge is 2.45. The molecule has 6 nitrogen and oxygen atoms in total. The molecule has 2 aromatic rings. The summed E-state index contributed by atoms with van der Waals surface area (Å²) in [5.74, 6) is -2.49. The number of rotatable bonds is 4. The third kappa shape index (κ3) is 3.01. The van der Waals surface area contributed by atoms with Gasteiger partial charge < -0.3 is 10.0 Å². The standard InChI is InChI=1S/C18H20FN3O3/c1-10-15(11(2)21(3)20-10)9-22-16(23)8-14(18(24)25)17(22)12-4-6-13(19)7-5-12/h4-7,14,17H,8-9H2,1-3H3,(H,24,25)/t14-,17+/m0/s1. The molecule has 25 heavy (non-hydrogen) atoms. The zero-order chi connectivity index (χ0) is 18.3. The first-order chi connectivity index (χ1) is 11.8. The molecule has 0 spiro atoms. The molecule has 0 bridgehead atoms. The molecule has 1 N–H and O–H groups in total. The van der Waals surface area contributed by atoms with Gasteiger partial charge in [0.2, 0.25) is 5.91 Å². The molecule has 1 aliphatic rings. The Hall–Kier alpha value is -2.70. The van der Waals surface area contributed by atoms with Crippen molar-refractivity contribution in [2.24, 2.45) is 13.0 Å². The van der Waals surface area contributed by atoms with E-state index in [-0.39, 0.29) is 18.9 Å². The van der Waals surface area contributed by atoms with Gasteiger partial charge in [-0.2, -0.15) is 5.10 Å². The van der Waals surface area contributed by atoms with Crippen LogP contribution < -0.4 is 0 Å². The van der Waals surface area contributed by atoms with E-state index in [2.05, 4.69) is 5.10 Å². The maximum absolute atomic E-state index is 13.3. The van der Waals surface area contributed by atoms with Crippen LogP contribution in [0.5, 0.6) is 0 Å². The fourth-order valence-corrected chi connectivity index (χ4v) is 3.49. The van der Waals surface area contributed by atoms with E-state index < -0.39 is 23.7 Å². The Bertz CT molecular complexity index is 829. The molecule has 0 radical (unpaired) electrons. The second-order valence-corrected chi connectivity index (χ2v) is 6.44. The SMILES string of the molecule is Cc1nn(C)c(C)c1CN1C(=O)C[C@H](C(=O)O)[C@H]1c1ccc(F)cc1. The monoisotopic (exact) mass is 345 g/mol. The van der Waals surface area contributed by atoms with E-state index >= 15 is 0 Å². The van der Waals surface area contributed by atoms with Crippen molar-refractivity contribution in [3.63, 3.8) is 0 Å². The number of hydrogen-bond acceptors (Lipinski definition) is 3. The zero-order valence-corrected chi connectivity index (χ0v) is 14.4. The average molecular weight is 345 g/mol. The van der Waals surface area contributed by atoms with E-state index in [9.17, 15) is 19.1 Å². The third-order valence-electron chi connectivity index (χ3n) is 4.95. The van der Waals surface area contributed by atoms with E-state index in [1.54, 1.807) is 21.7 Å². The minimum Gasteiger partial charge on any atom is -0.481 e. The number of hydrogen-bond donors (Lipinski definition) is 1. The Morgan fingerprint density at radius 1 is 1.32 bits per heavy atom. The minimum atomic E-state index is -1.02. The van der Waals surface area contributed by atoms with E-state index in [0.717, 1.165) is 17.0 Å². The molecule has 1 aromatic carbocycles. The number of benzene rings is 1. The third-order valence-corrected chi connectivity index (χ3v) is 4.95. The largest absolute Gasteiger partial charge is 0.481 e. The molecule has 3 rings (SSSR count). The number of carbonyl (C=O) groups excluding carboxylic acids is 1. The van der Waals surface area contributed by atoms with Crippen molar-refractivity contribution in [3.05, 3.63) is 52.6 Å². The summed E-state index contributed by atoms with van der Waals surface area (Å²) in [5, 5.41) is 13.9. The number of aliphatic carboxylic acids is 1. The van der Waals surface area contributed by atoms with Crippen molar-refractivity contribution in [3.8, 4) is 0 Å². The highest BCUT2D eigenvalue weighted by molar-refractivity contribution is 5.87. The molecule has 2 atom stereocenters. The Balaban J connectivity index is 2.01. The van der Waals surface area contributed by atoms with E-state index in [1.165, 1.54) is 12.1 Å². The van der Waals surface area contributed by atoms with Gasteiger partial charge in [0.1, 0.15) is 5.82 Å². The Morgan fingerprint density at radius 3 is 2.48 bits per heavy atom. The number of aromatic nitrogens is 2. The summed E-state index contributed by atoms with van der Waals surface area (Å²) >= 11 is 0. The molecule has 132 valence electrons. The van der Waals surface area contributed by atoms with E-state index in [1.807, 2.05) is 20.9 Å². The van der Waals surface area contributed by atoms with Crippen LogP contribution in [0.4, 0.5) is 4.39 Å². The van der Waals surface area contributed by atoms with Crippen molar-refractivity contribution < 1.29 is 19.1 Å². The van der Waals surface area contributed by atoms with Crippen molar-refractivity contribution in [1.82, 2.24) is 14.7 Å². The van der Waals surface area contributed by atoms with Crippen LogP contribution >= 0.6 is 0 Å². The van der Waals surface area contributed by atoms with Gasteiger partial charge in [0.15, 0.2) is 0 Å². The van der Waals surface area contributed by atoms with Crippen LogP contribution in [0.3, 0.4) is 0 Å². The average Bonchev–Trinajstić information content (AvgIpc) is 3.00.